The third kappa shape index (κ3) is 5.99. The first-order valence-electron chi connectivity index (χ1n) is 11.3. The van der Waals surface area contributed by atoms with Crippen molar-refractivity contribution in [3.05, 3.63) is 90.3 Å². The fourth-order valence-electron chi connectivity index (χ4n) is 3.78. The largest absolute Gasteiger partial charge is 0.490 e. The number of anilines is 1. The zero-order valence-corrected chi connectivity index (χ0v) is 24.0. The highest BCUT2D eigenvalue weighted by Gasteiger charge is 2.37. The van der Waals surface area contributed by atoms with Gasteiger partial charge in [-0.1, -0.05) is 56.8 Å². The van der Waals surface area contributed by atoms with Gasteiger partial charge in [0.2, 0.25) is 0 Å². The Labute approximate surface area is 242 Å². The summed E-state index contributed by atoms with van der Waals surface area (Å²) in [4.78, 5) is 39.5. The van der Waals surface area contributed by atoms with E-state index in [9.17, 15) is 14.4 Å². The maximum atomic E-state index is 13.3. The SMILES string of the molecule is CCOc1cc(/C=C2/C(=O)NC(=O)N(c3ccc(Br)cc3C)C2=O)cc(Cl)c1OCc1ccc(Cl)cc1Cl. The van der Waals surface area contributed by atoms with Crippen molar-refractivity contribution in [3.63, 3.8) is 0 Å². The molecule has 3 aromatic rings. The van der Waals surface area contributed by atoms with E-state index in [-0.39, 0.29) is 23.0 Å². The highest BCUT2D eigenvalue weighted by molar-refractivity contribution is 9.10. The molecule has 1 aliphatic heterocycles. The summed E-state index contributed by atoms with van der Waals surface area (Å²) in [6, 6.07) is 12.4. The van der Waals surface area contributed by atoms with Crippen molar-refractivity contribution in [3.8, 4) is 11.5 Å². The van der Waals surface area contributed by atoms with E-state index in [1.807, 2.05) is 0 Å². The molecule has 1 fully saturated rings. The number of benzene rings is 3. The van der Waals surface area contributed by atoms with E-state index in [0.717, 1.165) is 9.37 Å². The molecule has 1 N–H and O–H groups in total. The molecule has 0 bridgehead atoms. The molecule has 1 heterocycles. The summed E-state index contributed by atoms with van der Waals surface area (Å²) in [5.41, 5.74) is 1.87. The van der Waals surface area contributed by atoms with E-state index in [2.05, 4.69) is 21.2 Å². The van der Waals surface area contributed by atoms with E-state index in [1.54, 1.807) is 56.3 Å². The van der Waals surface area contributed by atoms with E-state index in [4.69, 9.17) is 44.3 Å². The molecule has 4 amide bonds. The number of amides is 4. The molecular weight excluding hydrogens is 619 g/mol. The number of carbonyl (C=O) groups excluding carboxylic acids is 3. The minimum atomic E-state index is -0.833. The van der Waals surface area contributed by atoms with Gasteiger partial charge in [0.05, 0.1) is 17.3 Å². The van der Waals surface area contributed by atoms with Crippen LogP contribution in [-0.4, -0.2) is 24.5 Å². The van der Waals surface area contributed by atoms with Gasteiger partial charge in [0.25, 0.3) is 11.8 Å². The molecule has 0 aliphatic carbocycles. The van der Waals surface area contributed by atoms with Crippen LogP contribution in [0.4, 0.5) is 10.5 Å². The normalized spacial score (nSPS) is 14.6. The van der Waals surface area contributed by atoms with Crippen LogP contribution >= 0.6 is 50.7 Å². The highest BCUT2D eigenvalue weighted by Crippen LogP contribution is 2.39. The topological polar surface area (TPSA) is 84.9 Å². The van der Waals surface area contributed by atoms with Gasteiger partial charge in [0.15, 0.2) is 11.5 Å². The molecule has 3 aromatic carbocycles. The third-order valence-electron chi connectivity index (χ3n) is 5.53. The number of barbiturate groups is 1. The monoisotopic (exact) mass is 636 g/mol. The van der Waals surface area contributed by atoms with Crippen LogP contribution in [0.15, 0.2) is 58.6 Å². The van der Waals surface area contributed by atoms with Gasteiger partial charge in [-0.25, -0.2) is 9.69 Å². The molecule has 11 heteroatoms. The van der Waals surface area contributed by atoms with Crippen molar-refractivity contribution in [1.29, 1.82) is 0 Å². The van der Waals surface area contributed by atoms with Crippen LogP contribution in [0.3, 0.4) is 0 Å². The Hall–Kier alpha value is -3.04. The van der Waals surface area contributed by atoms with Gasteiger partial charge < -0.3 is 9.47 Å². The summed E-state index contributed by atoms with van der Waals surface area (Å²) in [5.74, 6) is -1.02. The number of carbonyl (C=O) groups is 3. The Morgan fingerprint density at radius 1 is 0.974 bits per heavy atom. The van der Waals surface area contributed by atoms with Crippen LogP contribution in [0.25, 0.3) is 6.08 Å². The number of urea groups is 1. The smallest absolute Gasteiger partial charge is 0.335 e. The molecule has 1 aliphatic rings. The number of halogens is 4. The number of ether oxygens (including phenoxy) is 2. The second-order valence-electron chi connectivity index (χ2n) is 8.18. The Morgan fingerprint density at radius 2 is 1.74 bits per heavy atom. The Kier molecular flexibility index (Phi) is 8.67. The molecule has 0 aromatic heterocycles. The van der Waals surface area contributed by atoms with Gasteiger partial charge in [-0.2, -0.15) is 0 Å². The van der Waals surface area contributed by atoms with E-state index < -0.39 is 17.8 Å². The summed E-state index contributed by atoms with van der Waals surface area (Å²) < 4.78 is 12.4. The van der Waals surface area contributed by atoms with Crippen molar-refractivity contribution in [2.45, 2.75) is 20.5 Å². The minimum absolute atomic E-state index is 0.0980. The molecule has 0 atom stereocenters. The number of hydrogen-bond donors (Lipinski definition) is 1. The predicted octanol–water partition coefficient (Wildman–Crippen LogP) is 7.36. The molecule has 1 saturated heterocycles. The molecule has 7 nitrogen and oxygen atoms in total. The maximum absolute atomic E-state index is 13.3. The summed E-state index contributed by atoms with van der Waals surface area (Å²) >= 11 is 22.1. The first-order chi connectivity index (χ1) is 18.1. The Bertz CT molecular complexity index is 1490. The molecule has 0 saturated carbocycles. The lowest BCUT2D eigenvalue weighted by atomic mass is 10.1. The Balaban J connectivity index is 1.67. The second kappa shape index (κ2) is 11.8. The zero-order valence-electron chi connectivity index (χ0n) is 20.1. The highest BCUT2D eigenvalue weighted by atomic mass is 79.9. The fraction of sp³-hybridized carbons (Fsp3) is 0.148. The van der Waals surface area contributed by atoms with Crippen LogP contribution < -0.4 is 19.7 Å². The van der Waals surface area contributed by atoms with Gasteiger partial charge >= 0.3 is 6.03 Å². The van der Waals surface area contributed by atoms with Crippen molar-refractivity contribution in [1.82, 2.24) is 5.32 Å². The number of imide groups is 2. The third-order valence-corrected chi connectivity index (χ3v) is 6.89. The lowest BCUT2D eigenvalue weighted by Gasteiger charge is -2.27. The number of rotatable bonds is 7. The van der Waals surface area contributed by atoms with Crippen LogP contribution in [0.5, 0.6) is 11.5 Å². The van der Waals surface area contributed by atoms with Gasteiger partial charge in [0, 0.05) is 20.1 Å². The van der Waals surface area contributed by atoms with Crippen molar-refractivity contribution < 1.29 is 23.9 Å². The first-order valence-corrected chi connectivity index (χ1v) is 13.2. The van der Waals surface area contributed by atoms with E-state index >= 15 is 0 Å². The molecule has 0 radical (unpaired) electrons. The molecular formula is C27H20BrCl3N2O5. The maximum Gasteiger partial charge on any atom is 0.335 e. The summed E-state index contributed by atoms with van der Waals surface area (Å²) in [6.45, 7) is 3.95. The summed E-state index contributed by atoms with van der Waals surface area (Å²) in [5, 5.41) is 3.35. The quantitative estimate of drug-likeness (QED) is 0.216. The van der Waals surface area contributed by atoms with Gasteiger partial charge in [-0.05, 0) is 73.5 Å². The molecule has 4 rings (SSSR count). The number of hydrogen-bond acceptors (Lipinski definition) is 5. The lowest BCUT2D eigenvalue weighted by molar-refractivity contribution is -0.122. The standard InChI is InChI=1S/C27H20BrCl3N2O5/c1-3-37-23-11-15(10-21(31)24(23)38-13-16-4-6-18(29)12-20(16)30)9-19-25(34)32-27(36)33(26(19)35)22-7-5-17(28)8-14(22)2/h4-12H,3,13H2,1-2H3,(H,32,34,36)/b19-9-. The van der Waals surface area contributed by atoms with E-state index in [0.29, 0.717) is 44.8 Å². The average molecular weight is 639 g/mol. The Morgan fingerprint density at radius 3 is 2.42 bits per heavy atom. The van der Waals surface area contributed by atoms with Crippen LogP contribution in [0.1, 0.15) is 23.6 Å². The van der Waals surface area contributed by atoms with Crippen molar-refractivity contribution in [2.75, 3.05) is 11.5 Å². The molecule has 196 valence electrons. The number of aryl methyl sites for hydroxylation is 1. The predicted molar refractivity (Wildman–Crippen MR) is 151 cm³/mol. The number of nitrogens with one attached hydrogen (secondary N) is 1. The van der Waals surface area contributed by atoms with Gasteiger partial charge in [-0.15, -0.1) is 0 Å². The minimum Gasteiger partial charge on any atom is -0.490 e. The zero-order chi connectivity index (χ0) is 27.6. The van der Waals surface area contributed by atoms with Crippen molar-refractivity contribution >= 4 is 80.3 Å². The number of nitrogens with zero attached hydrogens (tertiary/aromatic N) is 1. The molecule has 0 spiro atoms. The molecule has 38 heavy (non-hydrogen) atoms. The summed E-state index contributed by atoms with van der Waals surface area (Å²) in [7, 11) is 0. The van der Waals surface area contributed by atoms with E-state index in [1.165, 1.54) is 12.1 Å². The summed E-state index contributed by atoms with van der Waals surface area (Å²) in [6.07, 6.45) is 1.35. The lowest BCUT2D eigenvalue weighted by Crippen LogP contribution is -2.54. The van der Waals surface area contributed by atoms with Gasteiger partial charge in [0.1, 0.15) is 12.2 Å². The average Bonchev–Trinajstić information content (AvgIpc) is 2.83. The molecule has 0 unspecified atom stereocenters. The van der Waals surface area contributed by atoms with Crippen LogP contribution in [0, 0.1) is 6.92 Å². The van der Waals surface area contributed by atoms with Crippen LogP contribution in [-0.2, 0) is 16.2 Å². The van der Waals surface area contributed by atoms with Crippen LogP contribution in [0.2, 0.25) is 15.1 Å². The fourth-order valence-corrected chi connectivity index (χ4v) is 4.99. The van der Waals surface area contributed by atoms with Gasteiger partial charge in [-0.3, -0.25) is 14.9 Å². The van der Waals surface area contributed by atoms with Crippen molar-refractivity contribution in [2.24, 2.45) is 0 Å². The second-order valence-corrected chi connectivity index (χ2v) is 10.3. The first kappa shape index (κ1) is 28.0.